The molecule has 2 heterocycles. The van der Waals surface area contributed by atoms with Gasteiger partial charge in [-0.1, -0.05) is 0 Å². The first-order valence-corrected chi connectivity index (χ1v) is 11.4. The number of nitro benzene ring substituents is 1. The van der Waals surface area contributed by atoms with Crippen LogP contribution in [-0.2, 0) is 26.1 Å². The fourth-order valence-electron chi connectivity index (χ4n) is 3.52. The quantitative estimate of drug-likeness (QED) is 0.401. The molecule has 1 aliphatic heterocycles. The van der Waals surface area contributed by atoms with Crippen molar-refractivity contribution in [2.75, 3.05) is 38.7 Å². The van der Waals surface area contributed by atoms with E-state index in [1.807, 2.05) is 0 Å². The minimum Gasteiger partial charge on any atom is -0.495 e. The number of morpholine rings is 1. The average Bonchev–Trinajstić information content (AvgIpc) is 3.21. The maximum absolute atomic E-state index is 13.0. The van der Waals surface area contributed by atoms with Gasteiger partial charge in [0.25, 0.3) is 5.69 Å². The van der Waals surface area contributed by atoms with Gasteiger partial charge in [-0.25, -0.2) is 8.42 Å². The van der Waals surface area contributed by atoms with E-state index in [9.17, 15) is 23.3 Å². The zero-order valence-corrected chi connectivity index (χ0v) is 18.4. The number of methoxy groups -OCH3 is 1. The fourth-order valence-corrected chi connectivity index (χ4v) is 4.96. The molecule has 0 unspecified atom stereocenters. The van der Waals surface area contributed by atoms with E-state index in [-0.39, 0.29) is 35.9 Å². The lowest BCUT2D eigenvalue weighted by molar-refractivity contribution is -0.384. The number of sulfonamides is 1. The van der Waals surface area contributed by atoms with E-state index in [2.05, 4.69) is 10.4 Å². The molecule has 3 aromatic rings. The predicted molar refractivity (Wildman–Crippen MR) is 118 cm³/mol. The Labute approximate surface area is 188 Å². The van der Waals surface area contributed by atoms with Crippen LogP contribution in [0.3, 0.4) is 0 Å². The van der Waals surface area contributed by atoms with Crippen molar-refractivity contribution in [3.8, 4) is 5.75 Å². The van der Waals surface area contributed by atoms with Crippen molar-refractivity contribution in [2.45, 2.75) is 11.4 Å². The average molecular weight is 475 g/mol. The van der Waals surface area contributed by atoms with Gasteiger partial charge >= 0.3 is 0 Å². The standard InChI is InChI=1S/C20H21N5O7S/c1-31-19-5-3-16(33(29,30)23-6-8-32-9-7-23)11-17(19)22-20(26)13-24-18-4-2-15(25(27)28)10-14(18)12-21-24/h2-5,10-12H,6-9,13H2,1H3,(H,22,26). The van der Waals surface area contributed by atoms with Crippen LogP contribution < -0.4 is 10.1 Å². The van der Waals surface area contributed by atoms with Gasteiger partial charge in [-0.05, 0) is 24.3 Å². The second kappa shape index (κ2) is 9.13. The van der Waals surface area contributed by atoms with Crippen molar-refractivity contribution in [2.24, 2.45) is 0 Å². The van der Waals surface area contributed by atoms with Gasteiger partial charge in [0.1, 0.15) is 12.3 Å². The lowest BCUT2D eigenvalue weighted by atomic mass is 10.2. The second-order valence-electron chi connectivity index (χ2n) is 7.23. The normalized spacial score (nSPS) is 14.8. The number of anilines is 1. The van der Waals surface area contributed by atoms with E-state index in [0.29, 0.717) is 29.9 Å². The monoisotopic (exact) mass is 475 g/mol. The van der Waals surface area contributed by atoms with Crippen LogP contribution >= 0.6 is 0 Å². The van der Waals surface area contributed by atoms with Crippen molar-refractivity contribution in [1.29, 1.82) is 0 Å². The number of ether oxygens (including phenoxy) is 2. The van der Waals surface area contributed by atoms with Crippen LogP contribution in [-0.4, -0.2) is 66.7 Å². The molecule has 1 saturated heterocycles. The molecule has 12 nitrogen and oxygen atoms in total. The summed E-state index contributed by atoms with van der Waals surface area (Å²) in [4.78, 5) is 23.2. The first kappa shape index (κ1) is 22.6. The van der Waals surface area contributed by atoms with E-state index in [0.717, 1.165) is 0 Å². The summed E-state index contributed by atoms with van der Waals surface area (Å²) in [6.45, 7) is 0.950. The van der Waals surface area contributed by atoms with Crippen LogP contribution in [0.4, 0.5) is 11.4 Å². The molecule has 0 saturated carbocycles. The van der Waals surface area contributed by atoms with Crippen LogP contribution in [0.1, 0.15) is 0 Å². The Kier molecular flexibility index (Phi) is 6.26. The number of aromatic nitrogens is 2. The molecule has 0 bridgehead atoms. The van der Waals surface area contributed by atoms with Gasteiger partial charge in [-0.3, -0.25) is 19.6 Å². The number of carbonyl (C=O) groups is 1. The van der Waals surface area contributed by atoms with E-state index in [4.69, 9.17) is 9.47 Å². The molecular formula is C20H21N5O7S. The molecule has 0 radical (unpaired) electrons. The van der Waals surface area contributed by atoms with Gasteiger partial charge in [-0.2, -0.15) is 9.40 Å². The number of hydrogen-bond acceptors (Lipinski definition) is 8. The summed E-state index contributed by atoms with van der Waals surface area (Å²) in [7, 11) is -2.35. The number of carbonyl (C=O) groups excluding carboxylic acids is 1. The number of rotatable bonds is 7. The summed E-state index contributed by atoms with van der Waals surface area (Å²) in [6, 6.07) is 8.48. The van der Waals surface area contributed by atoms with Crippen LogP contribution in [0, 0.1) is 10.1 Å². The zero-order valence-electron chi connectivity index (χ0n) is 17.6. The first-order valence-electron chi connectivity index (χ1n) is 9.95. The highest BCUT2D eigenvalue weighted by molar-refractivity contribution is 7.89. The third-order valence-corrected chi connectivity index (χ3v) is 7.08. The number of benzene rings is 2. The Balaban J connectivity index is 1.55. The van der Waals surface area contributed by atoms with Crippen molar-refractivity contribution in [3.63, 3.8) is 0 Å². The molecule has 1 amide bonds. The molecule has 4 rings (SSSR count). The molecule has 2 aromatic carbocycles. The number of fused-ring (bicyclic) bond motifs is 1. The molecule has 1 aromatic heterocycles. The van der Waals surface area contributed by atoms with Gasteiger partial charge in [0.05, 0.1) is 47.5 Å². The Morgan fingerprint density at radius 2 is 2.00 bits per heavy atom. The highest BCUT2D eigenvalue weighted by Gasteiger charge is 2.27. The molecule has 33 heavy (non-hydrogen) atoms. The van der Waals surface area contributed by atoms with Gasteiger partial charge in [-0.15, -0.1) is 0 Å². The van der Waals surface area contributed by atoms with Gasteiger partial charge in [0, 0.05) is 30.6 Å². The van der Waals surface area contributed by atoms with Gasteiger partial charge < -0.3 is 14.8 Å². The third kappa shape index (κ3) is 4.65. The SMILES string of the molecule is COc1ccc(S(=O)(=O)N2CCOCC2)cc1NC(=O)Cn1ncc2cc([N+](=O)[O-])ccc21. The van der Waals surface area contributed by atoms with Crippen LogP contribution in [0.5, 0.6) is 5.75 Å². The summed E-state index contributed by atoms with van der Waals surface area (Å²) in [5, 5.41) is 18.3. The summed E-state index contributed by atoms with van der Waals surface area (Å²) >= 11 is 0. The maximum atomic E-state index is 13.0. The van der Waals surface area contributed by atoms with E-state index >= 15 is 0 Å². The highest BCUT2D eigenvalue weighted by Crippen LogP contribution is 2.29. The molecule has 1 fully saturated rings. The molecule has 0 spiro atoms. The number of nitrogens with one attached hydrogen (secondary N) is 1. The maximum Gasteiger partial charge on any atom is 0.270 e. The largest absolute Gasteiger partial charge is 0.495 e. The van der Waals surface area contributed by atoms with Crippen LogP contribution in [0.2, 0.25) is 0 Å². The van der Waals surface area contributed by atoms with Crippen molar-refractivity contribution >= 4 is 38.2 Å². The minimum absolute atomic E-state index is 0.0253. The van der Waals surface area contributed by atoms with Crippen LogP contribution in [0.25, 0.3) is 10.9 Å². The molecule has 1 aliphatic rings. The molecule has 0 aliphatic carbocycles. The smallest absolute Gasteiger partial charge is 0.270 e. The number of hydrogen-bond donors (Lipinski definition) is 1. The lowest BCUT2D eigenvalue weighted by Gasteiger charge is -2.26. The second-order valence-corrected chi connectivity index (χ2v) is 9.17. The summed E-state index contributed by atoms with van der Waals surface area (Å²) in [6.07, 6.45) is 1.44. The highest BCUT2D eigenvalue weighted by atomic mass is 32.2. The summed E-state index contributed by atoms with van der Waals surface area (Å²) < 4.78 is 39.1. The number of nitrogens with zero attached hydrogens (tertiary/aromatic N) is 4. The lowest BCUT2D eigenvalue weighted by Crippen LogP contribution is -2.40. The molecule has 174 valence electrons. The Bertz CT molecular complexity index is 1320. The Morgan fingerprint density at radius 1 is 1.24 bits per heavy atom. The summed E-state index contributed by atoms with van der Waals surface area (Å²) in [5.74, 6) is -0.178. The number of amides is 1. The van der Waals surface area contributed by atoms with E-state index in [1.54, 1.807) is 0 Å². The minimum atomic E-state index is -3.76. The van der Waals surface area contributed by atoms with E-state index < -0.39 is 20.9 Å². The Hall–Kier alpha value is -3.55. The predicted octanol–water partition coefficient (Wildman–Crippen LogP) is 1.61. The first-order chi connectivity index (χ1) is 15.8. The Morgan fingerprint density at radius 3 is 2.70 bits per heavy atom. The zero-order chi connectivity index (χ0) is 23.6. The topological polar surface area (TPSA) is 146 Å². The van der Waals surface area contributed by atoms with Gasteiger partial charge in [0.15, 0.2) is 0 Å². The molecule has 1 N–H and O–H groups in total. The van der Waals surface area contributed by atoms with Crippen molar-refractivity contribution in [3.05, 3.63) is 52.7 Å². The van der Waals surface area contributed by atoms with Crippen LogP contribution in [0.15, 0.2) is 47.5 Å². The molecule has 13 heteroatoms. The van der Waals surface area contributed by atoms with Gasteiger partial charge in [0.2, 0.25) is 15.9 Å². The number of nitro groups is 1. The molecule has 0 atom stereocenters. The summed E-state index contributed by atoms with van der Waals surface area (Å²) in [5.41, 5.74) is 0.671. The van der Waals surface area contributed by atoms with Crippen molar-refractivity contribution in [1.82, 2.24) is 14.1 Å². The van der Waals surface area contributed by atoms with Crippen molar-refractivity contribution < 1.29 is 27.6 Å². The fraction of sp³-hybridized carbons (Fsp3) is 0.300. The van der Waals surface area contributed by atoms with E-state index in [1.165, 1.54) is 58.7 Å². The molecular weight excluding hydrogens is 454 g/mol. The third-order valence-electron chi connectivity index (χ3n) is 5.18. The number of non-ortho nitro benzene ring substituents is 1.